The maximum absolute atomic E-state index is 11.6. The summed E-state index contributed by atoms with van der Waals surface area (Å²) in [5.74, 6) is 5.85. The number of carbonyl (C=O) groups is 6. The van der Waals surface area contributed by atoms with Gasteiger partial charge in [0.25, 0.3) is 0 Å². The number of carboxylic acids is 1. The van der Waals surface area contributed by atoms with Crippen molar-refractivity contribution in [3.05, 3.63) is 249 Å². The van der Waals surface area contributed by atoms with Crippen molar-refractivity contribution in [3.8, 4) is 67.9 Å². The number of aldehydes is 1. The first kappa shape index (κ1) is 117. The van der Waals surface area contributed by atoms with E-state index >= 15 is 0 Å². The van der Waals surface area contributed by atoms with Gasteiger partial charge in [0, 0.05) is 99.4 Å². The third kappa shape index (κ3) is 39.6. The number of aromatic nitrogens is 6. The molecule has 0 spiro atoms. The van der Waals surface area contributed by atoms with Gasteiger partial charge in [-0.05, 0) is 298 Å². The summed E-state index contributed by atoms with van der Waals surface area (Å²) in [7, 11) is 4.97. The van der Waals surface area contributed by atoms with E-state index in [0.29, 0.717) is 105 Å². The zero-order valence-corrected chi connectivity index (χ0v) is 85.6. The van der Waals surface area contributed by atoms with Crippen LogP contribution in [0.5, 0.6) is 34.5 Å². The fraction of sp³-hybridized carbons (Fsp3) is 0.337. The Balaban J connectivity index is 0.000000511. The van der Waals surface area contributed by atoms with Crippen molar-refractivity contribution in [2.24, 2.45) is 0 Å². The van der Waals surface area contributed by atoms with Crippen molar-refractivity contribution >= 4 is 119 Å². The Morgan fingerprint density at radius 2 is 0.750 bits per heavy atom. The summed E-state index contributed by atoms with van der Waals surface area (Å²) in [6, 6.07) is 34.2. The molecule has 0 aliphatic heterocycles. The minimum atomic E-state index is -1.48. The number of hydrogen-bond donors (Lipinski definition) is 5. The molecular formula is C95H114BBr4N6O25Pd-. The number of carbonyl (C=O) groups excluding carboxylic acids is 5. The van der Waals surface area contributed by atoms with Gasteiger partial charge < -0.3 is 97.8 Å². The number of halogens is 4. The van der Waals surface area contributed by atoms with E-state index in [1.54, 1.807) is 132 Å². The van der Waals surface area contributed by atoms with Crippen molar-refractivity contribution in [1.29, 1.82) is 0 Å². The molecule has 31 nitrogen and oxygen atoms in total. The number of methoxy groups -OCH3 is 4. The predicted octanol–water partition coefficient (Wildman–Crippen LogP) is 20.3. The van der Waals surface area contributed by atoms with Crippen molar-refractivity contribution in [1.82, 2.24) is 30.9 Å². The standard InChI is InChI=1S/C17H21NO4.C16H19NO4.C14H15NO4.C12H15BrO3.C12H13BrO3.C8H7BrO2.C5H8BNO3.C5H6BrNO.C5H7NO.CH3.Pd/c1-5-21-16(19)9-7-13-6-8-14(20-4)10-15(13)17-11(2)18-22-12(17)3;1-4-20-15(19)8-6-12-5-7-13(18)9-14(12)16-10(2)17-21-11(16)3;1-8-14(9(2)19-15-8)12-7-11(16)5-3-10(12)4-6-13(17)18;2*1-3-16-12(14)7-5-9-4-6-10(15-2)8-11(9)13;1-11-7-3-2-6(5-10)8(9)4-7;1-3-5(6(8)9)4(2)10-7-3;1-3-5(6)4(2)8-7-3;1-4-3-5(2)7-6-4;;/h6,8,10H,5,7,9H2,1-4H3;5,7,9,18H,4,6,8H2,1-3H3;3,5,7,16H,4,6H2,1-2H3,(H,17,18);4,6,8H,3,5,7H2,1-2H3;4-8H,3H2,1-2H3;2-5H,1H3;8-9H,1-2H3;1-2H3;3H,1-2H3;1H3;/q;;;;;;;;;-1;/b;;;;7-5+;;;;;;. The van der Waals surface area contributed by atoms with Crippen molar-refractivity contribution in [2.45, 2.75) is 162 Å². The number of phenolic OH excluding ortho intramolecular Hbond substituents is 2. The second-order valence-corrected chi connectivity index (χ2v) is 31.2. The fourth-order valence-corrected chi connectivity index (χ4v) is 13.6. The van der Waals surface area contributed by atoms with Gasteiger partial charge in [-0.1, -0.05) is 93.1 Å². The van der Waals surface area contributed by atoms with E-state index in [0.717, 1.165) is 154 Å². The second-order valence-electron chi connectivity index (χ2n) is 27.9. The van der Waals surface area contributed by atoms with Crippen LogP contribution in [0.2, 0.25) is 0 Å². The molecule has 0 unspecified atom stereocenters. The van der Waals surface area contributed by atoms with Crippen molar-refractivity contribution < 1.29 is 140 Å². The van der Waals surface area contributed by atoms with Crippen LogP contribution in [-0.2, 0) is 89.0 Å². The van der Waals surface area contributed by atoms with Gasteiger partial charge in [0.2, 0.25) is 0 Å². The summed E-state index contributed by atoms with van der Waals surface area (Å²) in [6.07, 6.45) is 7.19. The SMILES string of the molecule is CCOC(=O)/C=C/c1ccc(OC)cc1Br.CCOC(=O)CCc1ccc(O)cc1-c1c(C)noc1C.CCOC(=O)CCc1ccc(OC)cc1-c1c(C)noc1C.CCOC(=O)CCc1ccc(OC)cc1Br.COc1ccc(C=O)c(Br)c1.Cc1cc(C)on1.Cc1noc(C)c1-c1cc(O)ccc1CCC(=O)O.Cc1noc(C)c1B(O)O.Cc1noc(C)c1Br.[CH3-].[Pd]. The van der Waals surface area contributed by atoms with Gasteiger partial charge >= 0.3 is 37.0 Å². The number of nitrogens with zero attached hydrogens (tertiary/aromatic N) is 6. The van der Waals surface area contributed by atoms with E-state index in [1.165, 1.54) is 6.08 Å². The Kier molecular flexibility index (Phi) is 54.3. The molecule has 0 amide bonds. The number of rotatable bonds is 27. The van der Waals surface area contributed by atoms with E-state index in [-0.39, 0.29) is 69.6 Å². The summed E-state index contributed by atoms with van der Waals surface area (Å²) in [6.45, 7) is 30.7. The minimum Gasteiger partial charge on any atom is -0.508 e. The van der Waals surface area contributed by atoms with Crippen LogP contribution in [-0.4, -0.2) is 154 Å². The van der Waals surface area contributed by atoms with Gasteiger partial charge in [-0.2, -0.15) is 0 Å². The van der Waals surface area contributed by atoms with Crippen LogP contribution >= 0.6 is 63.7 Å². The zero-order valence-electron chi connectivity index (χ0n) is 77.7. The van der Waals surface area contributed by atoms with E-state index in [9.17, 15) is 39.0 Å². The molecule has 132 heavy (non-hydrogen) atoms. The molecule has 12 rings (SSSR count). The van der Waals surface area contributed by atoms with Crippen LogP contribution in [0, 0.1) is 90.5 Å². The summed E-state index contributed by atoms with van der Waals surface area (Å²) < 4.78 is 73.3. The number of carboxylic acid groups (broad SMARTS) is 1. The van der Waals surface area contributed by atoms with Gasteiger partial charge in [0.15, 0.2) is 6.29 Å². The number of aromatic hydroxyl groups is 2. The van der Waals surface area contributed by atoms with Crippen LogP contribution in [0.15, 0.2) is 166 Å². The van der Waals surface area contributed by atoms with Crippen LogP contribution in [0.1, 0.15) is 160 Å². The molecule has 6 heterocycles. The van der Waals surface area contributed by atoms with Gasteiger partial charge in [-0.25, -0.2) is 4.79 Å². The molecule has 0 atom stereocenters. The molecule has 716 valence electrons. The van der Waals surface area contributed by atoms with Gasteiger partial charge in [0.05, 0.1) is 93.5 Å². The second kappa shape index (κ2) is 61.4. The summed E-state index contributed by atoms with van der Waals surface area (Å²) in [5.41, 5.74) is 15.7. The minimum absolute atomic E-state index is 0. The molecule has 0 aliphatic carbocycles. The quantitative estimate of drug-likeness (QED) is 0.00797. The molecular weight excluding hydrogens is 2060 g/mol. The first-order chi connectivity index (χ1) is 61.8. The average molecular weight is 2180 g/mol. The van der Waals surface area contributed by atoms with Gasteiger partial charge in [0.1, 0.15) is 69.1 Å². The summed E-state index contributed by atoms with van der Waals surface area (Å²) >= 11 is 13.4. The maximum Gasteiger partial charge on any atom is 0.494 e. The van der Waals surface area contributed by atoms with E-state index in [2.05, 4.69) is 99.2 Å². The molecule has 0 saturated carbocycles. The molecule has 12 aromatic rings. The molecule has 0 aliphatic rings. The number of hydrogen-bond acceptors (Lipinski definition) is 30. The van der Waals surface area contributed by atoms with Crippen LogP contribution in [0.3, 0.4) is 0 Å². The Bertz CT molecular complexity index is 5530. The molecule has 6 aromatic carbocycles. The molecule has 5 N–H and O–H groups in total. The van der Waals surface area contributed by atoms with E-state index in [1.807, 2.05) is 129 Å². The van der Waals surface area contributed by atoms with E-state index in [4.69, 9.17) is 75.7 Å². The van der Waals surface area contributed by atoms with Gasteiger partial charge in [-0.15, -0.1) is 0 Å². The monoisotopic (exact) mass is 2170 g/mol. The largest absolute Gasteiger partial charge is 0.508 e. The first-order valence-corrected chi connectivity index (χ1v) is 43.9. The Morgan fingerprint density at radius 1 is 0.402 bits per heavy atom. The van der Waals surface area contributed by atoms with Crippen LogP contribution in [0.25, 0.3) is 39.5 Å². The van der Waals surface area contributed by atoms with Gasteiger partial charge in [-0.3, -0.25) is 24.0 Å². The number of phenols is 2. The molecule has 37 heteroatoms. The number of ether oxygens (including phenoxy) is 8. The third-order valence-electron chi connectivity index (χ3n) is 18.3. The predicted molar refractivity (Wildman–Crippen MR) is 510 cm³/mol. The van der Waals surface area contributed by atoms with E-state index < -0.39 is 13.1 Å². The molecule has 0 saturated heterocycles. The Morgan fingerprint density at radius 3 is 1.05 bits per heavy atom. The third-order valence-corrected chi connectivity index (χ3v) is 21.5. The number of aryl methyl sites for hydroxylation is 16. The molecule has 0 fully saturated rings. The zero-order chi connectivity index (χ0) is 96.9. The molecule has 0 radical (unpaired) electrons. The van der Waals surface area contributed by atoms with Crippen LogP contribution in [0.4, 0.5) is 0 Å². The smallest absolute Gasteiger partial charge is 0.494 e. The first-order valence-electron chi connectivity index (χ1n) is 40.7. The number of benzene rings is 6. The Hall–Kier alpha value is -11.3. The number of esters is 4. The summed E-state index contributed by atoms with van der Waals surface area (Å²) in [5, 5.41) is 68.3. The average Bonchev–Trinajstić information content (AvgIpc) is 1.62. The summed E-state index contributed by atoms with van der Waals surface area (Å²) in [4.78, 5) is 66.4. The maximum atomic E-state index is 11.6. The van der Waals surface area contributed by atoms with Crippen molar-refractivity contribution in [3.63, 3.8) is 0 Å². The van der Waals surface area contributed by atoms with Crippen LogP contribution < -0.4 is 24.4 Å². The Labute approximate surface area is 816 Å². The topological polar surface area (TPSA) is 434 Å². The fourth-order valence-electron chi connectivity index (χ4n) is 11.9. The molecule has 6 aromatic heterocycles. The normalized spacial score (nSPS) is 10.1. The molecule has 0 bridgehead atoms. The number of aliphatic carboxylic acids is 1. The van der Waals surface area contributed by atoms with Crippen molar-refractivity contribution in [2.75, 3.05) is 54.9 Å².